The standard InChI is InChI=1S/C13H14O7/c14-5-7-1-3-8(4-2-7)19-13-12(18)11(17)10(16)9(6-15)20-13/h1-5,9-11,15-18H,6H2/t9-,10+,11+/m1/s1. The van der Waals surface area contributed by atoms with Crippen molar-refractivity contribution < 1.29 is 34.7 Å². The molecule has 0 aromatic heterocycles. The first-order valence-corrected chi connectivity index (χ1v) is 5.86. The van der Waals surface area contributed by atoms with Gasteiger partial charge in [-0.05, 0) is 24.3 Å². The van der Waals surface area contributed by atoms with Crippen LogP contribution in [0.1, 0.15) is 10.4 Å². The van der Waals surface area contributed by atoms with Crippen molar-refractivity contribution >= 4 is 6.29 Å². The number of hydrogen-bond acceptors (Lipinski definition) is 7. The lowest BCUT2D eigenvalue weighted by atomic mass is 10.0. The fourth-order valence-corrected chi connectivity index (χ4v) is 1.70. The third-order valence-electron chi connectivity index (χ3n) is 2.86. The maximum absolute atomic E-state index is 10.5. The summed E-state index contributed by atoms with van der Waals surface area (Å²) in [6, 6.07) is 5.94. The van der Waals surface area contributed by atoms with Crippen molar-refractivity contribution in [1.82, 2.24) is 0 Å². The van der Waals surface area contributed by atoms with Gasteiger partial charge in [0.15, 0.2) is 6.10 Å². The zero-order valence-corrected chi connectivity index (χ0v) is 10.3. The van der Waals surface area contributed by atoms with Crippen LogP contribution in [0.5, 0.6) is 5.75 Å². The molecule has 0 amide bonds. The Morgan fingerprint density at radius 1 is 1.25 bits per heavy atom. The molecule has 108 valence electrons. The molecule has 0 unspecified atom stereocenters. The second kappa shape index (κ2) is 5.91. The summed E-state index contributed by atoms with van der Waals surface area (Å²) in [6.07, 6.45) is -3.50. The van der Waals surface area contributed by atoms with Gasteiger partial charge in [0.1, 0.15) is 24.2 Å². The maximum Gasteiger partial charge on any atom is 0.327 e. The van der Waals surface area contributed by atoms with Gasteiger partial charge in [-0.2, -0.15) is 0 Å². The van der Waals surface area contributed by atoms with Crippen LogP contribution in [0, 0.1) is 0 Å². The fourth-order valence-electron chi connectivity index (χ4n) is 1.70. The first kappa shape index (κ1) is 14.3. The minimum absolute atomic E-state index is 0.262. The molecule has 7 heteroatoms. The van der Waals surface area contributed by atoms with Crippen LogP contribution in [0.15, 0.2) is 36.0 Å². The molecular weight excluding hydrogens is 268 g/mol. The minimum Gasteiger partial charge on any atom is -0.504 e. The molecule has 1 aromatic carbocycles. The van der Waals surface area contributed by atoms with Gasteiger partial charge in [-0.15, -0.1) is 0 Å². The second-order valence-electron chi connectivity index (χ2n) is 4.24. The number of rotatable bonds is 4. The van der Waals surface area contributed by atoms with Crippen LogP contribution in [0.3, 0.4) is 0 Å². The van der Waals surface area contributed by atoms with Crippen LogP contribution in [-0.4, -0.2) is 51.6 Å². The number of carbonyl (C=O) groups excluding carboxylic acids is 1. The summed E-state index contributed by atoms with van der Waals surface area (Å²) >= 11 is 0. The van der Waals surface area contributed by atoms with E-state index in [9.17, 15) is 20.1 Å². The summed E-state index contributed by atoms with van der Waals surface area (Å²) in [4.78, 5) is 10.5. The highest BCUT2D eigenvalue weighted by Crippen LogP contribution is 2.26. The van der Waals surface area contributed by atoms with Crippen LogP contribution < -0.4 is 4.74 Å². The predicted octanol–water partition coefficient (Wildman–Crippen LogP) is -0.282. The van der Waals surface area contributed by atoms with Crippen LogP contribution in [0.25, 0.3) is 0 Å². The van der Waals surface area contributed by atoms with E-state index < -0.39 is 36.6 Å². The summed E-state index contributed by atoms with van der Waals surface area (Å²) in [5.74, 6) is -0.806. The first-order valence-electron chi connectivity index (χ1n) is 5.86. The molecule has 0 aliphatic carbocycles. The number of aliphatic hydroxyl groups excluding tert-OH is 4. The van der Waals surface area contributed by atoms with Gasteiger partial charge in [-0.1, -0.05) is 0 Å². The highest BCUT2D eigenvalue weighted by molar-refractivity contribution is 5.74. The largest absolute Gasteiger partial charge is 0.504 e. The van der Waals surface area contributed by atoms with E-state index in [2.05, 4.69) is 0 Å². The number of ether oxygens (including phenoxy) is 2. The van der Waals surface area contributed by atoms with Gasteiger partial charge < -0.3 is 29.9 Å². The fraction of sp³-hybridized carbons (Fsp3) is 0.308. The summed E-state index contributed by atoms with van der Waals surface area (Å²) in [6.45, 7) is -0.553. The van der Waals surface area contributed by atoms with Crippen LogP contribution in [-0.2, 0) is 4.74 Å². The molecule has 7 nitrogen and oxygen atoms in total. The Morgan fingerprint density at radius 2 is 1.90 bits per heavy atom. The summed E-state index contributed by atoms with van der Waals surface area (Å²) in [5.41, 5.74) is 0.448. The summed E-state index contributed by atoms with van der Waals surface area (Å²) in [7, 11) is 0. The Morgan fingerprint density at radius 3 is 2.45 bits per heavy atom. The molecule has 0 saturated carbocycles. The van der Waals surface area contributed by atoms with Crippen molar-refractivity contribution in [3.05, 3.63) is 41.5 Å². The van der Waals surface area contributed by atoms with E-state index in [4.69, 9.17) is 14.6 Å². The van der Waals surface area contributed by atoms with Gasteiger partial charge in [-0.25, -0.2) is 0 Å². The molecule has 3 atom stereocenters. The molecule has 0 spiro atoms. The molecule has 1 aliphatic rings. The molecule has 4 N–H and O–H groups in total. The third kappa shape index (κ3) is 2.74. The van der Waals surface area contributed by atoms with E-state index in [0.29, 0.717) is 11.8 Å². The number of benzene rings is 1. The number of carbonyl (C=O) groups is 1. The Bertz CT molecular complexity index is 508. The van der Waals surface area contributed by atoms with Crippen molar-refractivity contribution in [2.45, 2.75) is 18.3 Å². The van der Waals surface area contributed by atoms with Gasteiger partial charge in [-0.3, -0.25) is 4.79 Å². The average molecular weight is 282 g/mol. The Hall–Kier alpha value is -2.09. The SMILES string of the molecule is O=Cc1ccc(OC2=C(O)[C@@H](O)[C@@H](O)[C@@H](CO)O2)cc1. The van der Waals surface area contributed by atoms with Gasteiger partial charge in [0, 0.05) is 5.56 Å². The zero-order valence-electron chi connectivity index (χ0n) is 10.3. The van der Waals surface area contributed by atoms with Gasteiger partial charge in [0.2, 0.25) is 5.76 Å². The summed E-state index contributed by atoms with van der Waals surface area (Å²) in [5, 5.41) is 37.8. The van der Waals surface area contributed by atoms with E-state index >= 15 is 0 Å². The van der Waals surface area contributed by atoms with Crippen LogP contribution >= 0.6 is 0 Å². The van der Waals surface area contributed by atoms with Crippen molar-refractivity contribution in [3.8, 4) is 5.75 Å². The van der Waals surface area contributed by atoms with Gasteiger partial charge >= 0.3 is 5.95 Å². The van der Waals surface area contributed by atoms with E-state index in [1.807, 2.05) is 0 Å². The Kier molecular flexibility index (Phi) is 4.23. The van der Waals surface area contributed by atoms with Crippen molar-refractivity contribution in [2.24, 2.45) is 0 Å². The Labute approximate surface area is 114 Å². The normalized spacial score (nSPS) is 26.1. The molecular formula is C13H14O7. The lowest BCUT2D eigenvalue weighted by Crippen LogP contribution is -2.47. The molecule has 0 fully saturated rings. The van der Waals surface area contributed by atoms with E-state index in [1.165, 1.54) is 24.3 Å². The van der Waals surface area contributed by atoms with Crippen molar-refractivity contribution in [2.75, 3.05) is 6.61 Å². The van der Waals surface area contributed by atoms with Crippen LogP contribution in [0.4, 0.5) is 0 Å². The van der Waals surface area contributed by atoms with Crippen LogP contribution in [0.2, 0.25) is 0 Å². The van der Waals surface area contributed by atoms with Crippen molar-refractivity contribution in [1.29, 1.82) is 0 Å². The maximum atomic E-state index is 10.5. The monoisotopic (exact) mass is 282 g/mol. The quantitative estimate of drug-likeness (QED) is 0.561. The third-order valence-corrected chi connectivity index (χ3v) is 2.86. The summed E-state index contributed by atoms with van der Waals surface area (Å²) < 4.78 is 10.3. The first-order chi connectivity index (χ1) is 9.56. The Balaban J connectivity index is 2.19. The molecule has 0 bridgehead atoms. The number of aliphatic hydroxyl groups is 4. The molecule has 0 radical (unpaired) electrons. The van der Waals surface area contributed by atoms with E-state index in [-0.39, 0.29) is 5.75 Å². The topological polar surface area (TPSA) is 116 Å². The van der Waals surface area contributed by atoms with Crippen molar-refractivity contribution in [3.63, 3.8) is 0 Å². The lowest BCUT2D eigenvalue weighted by Gasteiger charge is -2.31. The molecule has 1 aromatic rings. The highest BCUT2D eigenvalue weighted by atomic mass is 16.7. The molecule has 1 heterocycles. The number of aldehydes is 1. The molecule has 2 rings (SSSR count). The lowest BCUT2D eigenvalue weighted by molar-refractivity contribution is -0.133. The zero-order chi connectivity index (χ0) is 14.7. The van der Waals surface area contributed by atoms with E-state index in [1.54, 1.807) is 0 Å². The minimum atomic E-state index is -1.61. The van der Waals surface area contributed by atoms with Gasteiger partial charge in [0.25, 0.3) is 0 Å². The second-order valence-corrected chi connectivity index (χ2v) is 4.24. The molecule has 0 saturated heterocycles. The average Bonchev–Trinajstić information content (AvgIpc) is 2.48. The smallest absolute Gasteiger partial charge is 0.327 e. The molecule has 20 heavy (non-hydrogen) atoms. The molecule has 1 aliphatic heterocycles. The number of hydrogen-bond donors (Lipinski definition) is 4. The van der Waals surface area contributed by atoms with E-state index in [0.717, 1.165) is 0 Å². The highest BCUT2D eigenvalue weighted by Gasteiger charge is 2.39. The predicted molar refractivity (Wildman–Crippen MR) is 66.1 cm³/mol. The van der Waals surface area contributed by atoms with Gasteiger partial charge in [0.05, 0.1) is 6.61 Å².